The number of amides is 1. The molecule has 2 rings (SSSR count). The maximum absolute atomic E-state index is 11.0. The second-order valence-electron chi connectivity index (χ2n) is 5.06. The Kier molecular flexibility index (Phi) is 4.31. The molecule has 3 N–H and O–H groups in total. The fourth-order valence-corrected chi connectivity index (χ4v) is 2.03. The molecule has 2 heterocycles. The lowest BCUT2D eigenvalue weighted by Gasteiger charge is -2.13. The number of aromatic nitrogens is 2. The molecule has 1 saturated heterocycles. The Bertz CT molecular complexity index is 450. The third-order valence-electron chi connectivity index (χ3n) is 3.13. The number of rotatable bonds is 5. The molecule has 1 fully saturated rings. The second-order valence-corrected chi connectivity index (χ2v) is 5.06. The zero-order valence-electron chi connectivity index (χ0n) is 11.3. The summed E-state index contributed by atoms with van der Waals surface area (Å²) < 4.78 is 5.54. The highest BCUT2D eigenvalue weighted by atomic mass is 16.5. The third kappa shape index (κ3) is 3.64. The molecule has 2 unspecified atom stereocenters. The van der Waals surface area contributed by atoms with Gasteiger partial charge in [0.1, 0.15) is 17.7 Å². The van der Waals surface area contributed by atoms with Crippen molar-refractivity contribution in [2.24, 2.45) is 5.73 Å². The average molecular weight is 264 g/mol. The van der Waals surface area contributed by atoms with Crippen LogP contribution < -0.4 is 11.1 Å². The van der Waals surface area contributed by atoms with E-state index in [0.29, 0.717) is 18.9 Å². The number of ether oxygens (including phenoxy) is 1. The van der Waals surface area contributed by atoms with Crippen molar-refractivity contribution in [2.45, 2.75) is 44.8 Å². The van der Waals surface area contributed by atoms with E-state index in [1.54, 1.807) is 6.20 Å². The Morgan fingerprint density at radius 2 is 2.37 bits per heavy atom. The lowest BCUT2D eigenvalue weighted by Crippen LogP contribution is -2.30. The fraction of sp³-hybridized carbons (Fsp3) is 0.615. The van der Waals surface area contributed by atoms with E-state index >= 15 is 0 Å². The van der Waals surface area contributed by atoms with Crippen LogP contribution >= 0.6 is 0 Å². The van der Waals surface area contributed by atoms with Crippen molar-refractivity contribution in [3.8, 4) is 0 Å². The van der Waals surface area contributed by atoms with Crippen LogP contribution in [0.5, 0.6) is 0 Å². The number of nitrogens with zero attached hydrogens (tertiary/aromatic N) is 2. The van der Waals surface area contributed by atoms with Gasteiger partial charge < -0.3 is 15.8 Å². The van der Waals surface area contributed by atoms with Crippen molar-refractivity contribution in [3.05, 3.63) is 18.1 Å². The summed E-state index contributed by atoms with van der Waals surface area (Å²) in [5, 5.41) is 3.21. The second kappa shape index (κ2) is 5.97. The van der Waals surface area contributed by atoms with Crippen LogP contribution in [-0.4, -0.2) is 34.6 Å². The van der Waals surface area contributed by atoms with Crippen molar-refractivity contribution in [1.29, 1.82) is 0 Å². The minimum atomic E-state index is -0.441. The van der Waals surface area contributed by atoms with Gasteiger partial charge >= 0.3 is 0 Å². The summed E-state index contributed by atoms with van der Waals surface area (Å²) in [7, 11) is 0. The standard InChI is InChI=1S/C13H20N4O2/c1-8(2)13-15-6-5-11(17-13)16-7-9-3-4-10(19-9)12(14)18/h5-6,8-10H,3-4,7H2,1-2H3,(H2,14,18)(H,15,16,17). The smallest absolute Gasteiger partial charge is 0.246 e. The number of carbonyl (C=O) groups is 1. The third-order valence-corrected chi connectivity index (χ3v) is 3.13. The van der Waals surface area contributed by atoms with Gasteiger partial charge in [-0.25, -0.2) is 9.97 Å². The first-order chi connectivity index (χ1) is 9.06. The van der Waals surface area contributed by atoms with Gasteiger partial charge in [-0.3, -0.25) is 4.79 Å². The maximum Gasteiger partial charge on any atom is 0.246 e. The summed E-state index contributed by atoms with van der Waals surface area (Å²) in [5.74, 6) is 1.51. The van der Waals surface area contributed by atoms with Gasteiger partial charge in [-0.1, -0.05) is 13.8 Å². The molecular weight excluding hydrogens is 244 g/mol. The first-order valence-electron chi connectivity index (χ1n) is 6.58. The zero-order valence-corrected chi connectivity index (χ0v) is 11.3. The summed E-state index contributed by atoms with van der Waals surface area (Å²) in [6.07, 6.45) is 2.84. The summed E-state index contributed by atoms with van der Waals surface area (Å²) in [4.78, 5) is 19.6. The summed E-state index contributed by atoms with van der Waals surface area (Å²) in [6.45, 7) is 4.73. The van der Waals surface area contributed by atoms with Crippen molar-refractivity contribution in [2.75, 3.05) is 11.9 Å². The molecule has 1 amide bonds. The largest absolute Gasteiger partial charge is 0.367 e. The molecule has 1 aromatic heterocycles. The Morgan fingerprint density at radius 3 is 3.00 bits per heavy atom. The van der Waals surface area contributed by atoms with E-state index in [4.69, 9.17) is 10.5 Å². The Labute approximate surface area is 112 Å². The van der Waals surface area contributed by atoms with Crippen LogP contribution in [0.25, 0.3) is 0 Å². The molecule has 1 aromatic rings. The van der Waals surface area contributed by atoms with E-state index in [-0.39, 0.29) is 12.0 Å². The van der Waals surface area contributed by atoms with Gasteiger partial charge in [0, 0.05) is 18.7 Å². The van der Waals surface area contributed by atoms with E-state index in [9.17, 15) is 4.79 Å². The Balaban J connectivity index is 1.86. The topological polar surface area (TPSA) is 90.1 Å². The predicted octanol–water partition coefficient (Wildman–Crippen LogP) is 1.04. The van der Waals surface area contributed by atoms with Gasteiger partial charge in [-0.15, -0.1) is 0 Å². The van der Waals surface area contributed by atoms with Gasteiger partial charge in [-0.05, 0) is 18.9 Å². The number of anilines is 1. The van der Waals surface area contributed by atoms with Gasteiger partial charge in [-0.2, -0.15) is 0 Å². The summed E-state index contributed by atoms with van der Waals surface area (Å²) in [5.41, 5.74) is 5.22. The van der Waals surface area contributed by atoms with E-state index < -0.39 is 6.10 Å². The predicted molar refractivity (Wildman–Crippen MR) is 71.7 cm³/mol. The maximum atomic E-state index is 11.0. The summed E-state index contributed by atoms with van der Waals surface area (Å²) >= 11 is 0. The molecule has 1 aliphatic rings. The molecule has 104 valence electrons. The number of nitrogens with two attached hydrogens (primary N) is 1. The SMILES string of the molecule is CC(C)c1nccc(NCC2CCC(C(N)=O)O2)n1. The van der Waals surface area contributed by atoms with E-state index in [0.717, 1.165) is 18.1 Å². The highest BCUT2D eigenvalue weighted by Crippen LogP contribution is 2.20. The van der Waals surface area contributed by atoms with Crippen molar-refractivity contribution < 1.29 is 9.53 Å². The Hall–Kier alpha value is -1.69. The number of primary amides is 1. The van der Waals surface area contributed by atoms with Gasteiger partial charge in [0.2, 0.25) is 5.91 Å². The molecule has 0 radical (unpaired) electrons. The highest BCUT2D eigenvalue weighted by Gasteiger charge is 2.28. The van der Waals surface area contributed by atoms with Crippen molar-refractivity contribution >= 4 is 11.7 Å². The van der Waals surface area contributed by atoms with Crippen molar-refractivity contribution in [3.63, 3.8) is 0 Å². The van der Waals surface area contributed by atoms with Gasteiger partial charge in [0.25, 0.3) is 0 Å². The van der Waals surface area contributed by atoms with Crippen LogP contribution in [0, 0.1) is 0 Å². The highest BCUT2D eigenvalue weighted by molar-refractivity contribution is 5.79. The van der Waals surface area contributed by atoms with Crippen LogP contribution in [0.3, 0.4) is 0 Å². The molecule has 19 heavy (non-hydrogen) atoms. The molecule has 0 spiro atoms. The summed E-state index contributed by atoms with van der Waals surface area (Å²) in [6, 6.07) is 1.83. The van der Waals surface area contributed by atoms with Crippen LogP contribution in [0.4, 0.5) is 5.82 Å². The minimum absolute atomic E-state index is 0.00923. The minimum Gasteiger partial charge on any atom is -0.367 e. The molecule has 6 nitrogen and oxygen atoms in total. The monoisotopic (exact) mass is 264 g/mol. The molecular formula is C13H20N4O2. The van der Waals surface area contributed by atoms with Crippen LogP contribution in [-0.2, 0) is 9.53 Å². The fourth-order valence-electron chi connectivity index (χ4n) is 2.03. The number of hydrogen-bond acceptors (Lipinski definition) is 5. The molecule has 0 aliphatic carbocycles. The van der Waals surface area contributed by atoms with Gasteiger partial charge in [0.15, 0.2) is 0 Å². The first-order valence-corrected chi connectivity index (χ1v) is 6.58. The number of nitrogens with one attached hydrogen (secondary N) is 1. The van der Waals surface area contributed by atoms with Crippen LogP contribution in [0.2, 0.25) is 0 Å². The average Bonchev–Trinajstić information content (AvgIpc) is 2.85. The molecule has 6 heteroatoms. The molecule has 0 saturated carbocycles. The molecule has 0 aromatic carbocycles. The lowest BCUT2D eigenvalue weighted by molar-refractivity contribution is -0.128. The quantitative estimate of drug-likeness (QED) is 0.829. The van der Waals surface area contributed by atoms with E-state index in [1.807, 2.05) is 6.07 Å². The van der Waals surface area contributed by atoms with Crippen molar-refractivity contribution in [1.82, 2.24) is 9.97 Å². The Morgan fingerprint density at radius 1 is 1.58 bits per heavy atom. The van der Waals surface area contributed by atoms with E-state index in [1.165, 1.54) is 0 Å². The zero-order chi connectivity index (χ0) is 13.8. The van der Waals surface area contributed by atoms with Gasteiger partial charge in [0.05, 0.1) is 6.10 Å². The molecule has 1 aliphatic heterocycles. The molecule has 2 atom stereocenters. The van der Waals surface area contributed by atoms with E-state index in [2.05, 4.69) is 29.1 Å². The normalized spacial score (nSPS) is 22.7. The lowest BCUT2D eigenvalue weighted by atomic mass is 10.2. The van der Waals surface area contributed by atoms with Crippen LogP contribution in [0.15, 0.2) is 12.3 Å². The molecule has 0 bridgehead atoms. The first kappa shape index (κ1) is 13.7. The van der Waals surface area contributed by atoms with Crippen LogP contribution in [0.1, 0.15) is 38.4 Å². The number of carbonyl (C=O) groups excluding carboxylic acids is 1. The number of hydrogen-bond donors (Lipinski definition) is 2.